The maximum absolute atomic E-state index is 12.5. The van der Waals surface area contributed by atoms with Crippen molar-refractivity contribution in [3.05, 3.63) is 0 Å². The SMILES string of the molecule is CCCCCCCCC(CCCCCC)COC(=O)CCCCCN(CCCCCC)CCN1CCCC1. The highest BCUT2D eigenvalue weighted by Gasteiger charge is 2.14. The molecule has 1 saturated heterocycles. The molecule has 4 nitrogen and oxygen atoms in total. The van der Waals surface area contributed by atoms with Gasteiger partial charge in [-0.2, -0.15) is 0 Å². The van der Waals surface area contributed by atoms with E-state index in [9.17, 15) is 4.79 Å². The molecule has 0 radical (unpaired) electrons. The molecule has 0 spiro atoms. The van der Waals surface area contributed by atoms with Crippen molar-refractivity contribution in [1.29, 1.82) is 0 Å². The van der Waals surface area contributed by atoms with E-state index >= 15 is 0 Å². The van der Waals surface area contributed by atoms with E-state index < -0.39 is 0 Å². The molecule has 1 aliphatic heterocycles. The minimum absolute atomic E-state index is 0.0389. The Labute approximate surface area is 239 Å². The fourth-order valence-electron chi connectivity index (χ4n) is 5.84. The number of esters is 1. The molecule has 1 heterocycles. The van der Waals surface area contributed by atoms with Crippen LogP contribution in [0.4, 0.5) is 0 Å². The second-order valence-electron chi connectivity index (χ2n) is 12.2. The van der Waals surface area contributed by atoms with E-state index in [1.165, 1.54) is 161 Å². The van der Waals surface area contributed by atoms with Crippen molar-refractivity contribution in [3.8, 4) is 0 Å². The Bertz CT molecular complexity index is 507. The highest BCUT2D eigenvalue weighted by Crippen LogP contribution is 2.20. The standard InChI is InChI=1S/C34H68N2O2/c1-4-7-10-13-14-17-24-33(23-16-11-8-5-2)32-38-34(37)25-18-15-20-27-35(26-19-12-9-6-3)30-31-36-28-21-22-29-36/h33H,4-32H2,1-3H3. The van der Waals surface area contributed by atoms with Crippen LogP contribution >= 0.6 is 0 Å². The van der Waals surface area contributed by atoms with Crippen molar-refractivity contribution in [3.63, 3.8) is 0 Å². The van der Waals surface area contributed by atoms with Crippen molar-refractivity contribution >= 4 is 5.97 Å². The molecule has 1 unspecified atom stereocenters. The summed E-state index contributed by atoms with van der Waals surface area (Å²) in [6.45, 7) is 15.0. The molecule has 0 N–H and O–H groups in total. The van der Waals surface area contributed by atoms with Gasteiger partial charge in [0.05, 0.1) is 6.61 Å². The van der Waals surface area contributed by atoms with E-state index in [4.69, 9.17) is 4.74 Å². The van der Waals surface area contributed by atoms with E-state index in [1.807, 2.05) is 0 Å². The van der Waals surface area contributed by atoms with E-state index in [2.05, 4.69) is 30.6 Å². The summed E-state index contributed by atoms with van der Waals surface area (Å²) >= 11 is 0. The topological polar surface area (TPSA) is 32.8 Å². The van der Waals surface area contributed by atoms with Gasteiger partial charge in [-0.15, -0.1) is 0 Å². The van der Waals surface area contributed by atoms with Crippen LogP contribution in [0, 0.1) is 5.92 Å². The van der Waals surface area contributed by atoms with Crippen LogP contribution in [0.3, 0.4) is 0 Å². The van der Waals surface area contributed by atoms with Gasteiger partial charge in [-0.25, -0.2) is 0 Å². The van der Waals surface area contributed by atoms with Crippen LogP contribution in [0.15, 0.2) is 0 Å². The van der Waals surface area contributed by atoms with Crippen LogP contribution < -0.4 is 0 Å². The first-order valence-electron chi connectivity index (χ1n) is 17.3. The number of carbonyl (C=O) groups is 1. The predicted octanol–water partition coefficient (Wildman–Crippen LogP) is 9.41. The fraction of sp³-hybridized carbons (Fsp3) is 0.971. The Kier molecular flexibility index (Phi) is 24.8. The molecule has 0 aromatic heterocycles. The van der Waals surface area contributed by atoms with E-state index in [0.717, 1.165) is 12.8 Å². The molecule has 1 fully saturated rings. The van der Waals surface area contributed by atoms with Gasteiger partial charge in [0.15, 0.2) is 0 Å². The zero-order chi connectivity index (χ0) is 27.5. The van der Waals surface area contributed by atoms with Gasteiger partial charge in [0.25, 0.3) is 0 Å². The number of hydrogen-bond acceptors (Lipinski definition) is 4. The summed E-state index contributed by atoms with van der Waals surface area (Å²) in [4.78, 5) is 17.8. The van der Waals surface area contributed by atoms with E-state index in [1.54, 1.807) is 0 Å². The Hall–Kier alpha value is -0.610. The molecule has 1 aliphatic rings. The Morgan fingerprint density at radius 1 is 0.658 bits per heavy atom. The van der Waals surface area contributed by atoms with E-state index in [-0.39, 0.29) is 5.97 Å². The third-order valence-corrected chi connectivity index (χ3v) is 8.53. The lowest BCUT2D eigenvalue weighted by Gasteiger charge is -2.25. The number of rotatable bonds is 28. The van der Waals surface area contributed by atoms with Crippen molar-refractivity contribution in [2.75, 3.05) is 45.9 Å². The smallest absolute Gasteiger partial charge is 0.305 e. The maximum atomic E-state index is 12.5. The molecular weight excluding hydrogens is 468 g/mol. The fourth-order valence-corrected chi connectivity index (χ4v) is 5.84. The maximum Gasteiger partial charge on any atom is 0.305 e. The lowest BCUT2D eigenvalue weighted by molar-refractivity contribution is -0.145. The second-order valence-corrected chi connectivity index (χ2v) is 12.2. The summed E-state index contributed by atoms with van der Waals surface area (Å²) in [7, 11) is 0. The number of likely N-dealkylation sites (tertiary alicyclic amines) is 1. The number of ether oxygens (including phenoxy) is 1. The number of carbonyl (C=O) groups excluding carboxylic acids is 1. The van der Waals surface area contributed by atoms with Gasteiger partial charge in [0.1, 0.15) is 0 Å². The highest BCUT2D eigenvalue weighted by atomic mass is 16.5. The number of hydrogen-bond donors (Lipinski definition) is 0. The van der Waals surface area contributed by atoms with Gasteiger partial charge in [0.2, 0.25) is 0 Å². The molecular formula is C34H68N2O2. The molecule has 226 valence electrons. The summed E-state index contributed by atoms with van der Waals surface area (Å²) in [5, 5.41) is 0. The van der Waals surface area contributed by atoms with Crippen molar-refractivity contribution < 1.29 is 9.53 Å². The first kappa shape index (κ1) is 35.4. The van der Waals surface area contributed by atoms with Crippen LogP contribution in [0.1, 0.15) is 162 Å². The van der Waals surface area contributed by atoms with Crippen LogP contribution in [-0.2, 0) is 9.53 Å². The molecule has 0 bridgehead atoms. The normalized spacial score (nSPS) is 14.9. The first-order chi connectivity index (χ1) is 18.7. The summed E-state index contributed by atoms with van der Waals surface area (Å²) in [5.41, 5.74) is 0. The molecule has 0 aliphatic carbocycles. The van der Waals surface area contributed by atoms with Crippen LogP contribution in [0.25, 0.3) is 0 Å². The van der Waals surface area contributed by atoms with Crippen LogP contribution in [-0.4, -0.2) is 61.6 Å². The molecule has 1 atom stereocenters. The highest BCUT2D eigenvalue weighted by molar-refractivity contribution is 5.69. The molecule has 0 aromatic rings. The zero-order valence-electron chi connectivity index (χ0n) is 26.3. The van der Waals surface area contributed by atoms with Crippen molar-refractivity contribution in [2.45, 2.75) is 162 Å². The van der Waals surface area contributed by atoms with Crippen LogP contribution in [0.5, 0.6) is 0 Å². The predicted molar refractivity (Wildman–Crippen MR) is 166 cm³/mol. The summed E-state index contributed by atoms with van der Waals surface area (Å²) < 4.78 is 5.80. The van der Waals surface area contributed by atoms with Gasteiger partial charge in [-0.1, -0.05) is 111 Å². The quantitative estimate of drug-likeness (QED) is 0.0736. The molecule has 4 heteroatoms. The average molecular weight is 537 g/mol. The summed E-state index contributed by atoms with van der Waals surface area (Å²) in [6.07, 6.45) is 27.8. The average Bonchev–Trinajstić information content (AvgIpc) is 3.45. The summed E-state index contributed by atoms with van der Waals surface area (Å²) in [5.74, 6) is 0.607. The van der Waals surface area contributed by atoms with Gasteiger partial charge in [0, 0.05) is 19.5 Å². The molecule has 38 heavy (non-hydrogen) atoms. The van der Waals surface area contributed by atoms with Gasteiger partial charge in [-0.3, -0.25) is 4.79 Å². The largest absolute Gasteiger partial charge is 0.465 e. The third-order valence-electron chi connectivity index (χ3n) is 8.53. The minimum atomic E-state index is 0.0389. The van der Waals surface area contributed by atoms with Crippen molar-refractivity contribution in [2.24, 2.45) is 5.92 Å². The Morgan fingerprint density at radius 2 is 1.16 bits per heavy atom. The molecule has 0 amide bonds. The lowest BCUT2D eigenvalue weighted by atomic mass is 9.95. The Morgan fingerprint density at radius 3 is 1.76 bits per heavy atom. The molecule has 1 rings (SSSR count). The first-order valence-corrected chi connectivity index (χ1v) is 17.3. The van der Waals surface area contributed by atoms with Gasteiger partial charge in [-0.05, 0) is 77.0 Å². The van der Waals surface area contributed by atoms with Gasteiger partial charge >= 0.3 is 5.97 Å². The monoisotopic (exact) mass is 537 g/mol. The van der Waals surface area contributed by atoms with Crippen molar-refractivity contribution in [1.82, 2.24) is 9.80 Å². The Balaban J connectivity index is 2.23. The summed E-state index contributed by atoms with van der Waals surface area (Å²) in [6, 6.07) is 0. The minimum Gasteiger partial charge on any atom is -0.465 e. The number of nitrogens with zero attached hydrogens (tertiary/aromatic N) is 2. The molecule has 0 aromatic carbocycles. The molecule has 0 saturated carbocycles. The zero-order valence-corrected chi connectivity index (χ0v) is 26.3. The van der Waals surface area contributed by atoms with Crippen LogP contribution in [0.2, 0.25) is 0 Å². The van der Waals surface area contributed by atoms with Gasteiger partial charge < -0.3 is 14.5 Å². The number of unbranched alkanes of at least 4 members (excludes halogenated alkanes) is 13. The second kappa shape index (κ2) is 26.6. The lowest BCUT2D eigenvalue weighted by Crippen LogP contribution is -2.35. The third kappa shape index (κ3) is 21.2. The van der Waals surface area contributed by atoms with E-state index in [0.29, 0.717) is 18.9 Å².